The van der Waals surface area contributed by atoms with Gasteiger partial charge in [0, 0.05) is 38.0 Å². The molecule has 0 spiro atoms. The number of amides is 2. The molecule has 1 aliphatic heterocycles. The maximum Gasteiger partial charge on any atom is 0.270 e. The molecule has 3 rings (SSSR count). The van der Waals surface area contributed by atoms with Gasteiger partial charge in [-0.3, -0.25) is 14.5 Å². The lowest BCUT2D eigenvalue weighted by molar-refractivity contribution is -0.129. The van der Waals surface area contributed by atoms with Gasteiger partial charge in [0.2, 0.25) is 21.8 Å². The van der Waals surface area contributed by atoms with Crippen LogP contribution in [-0.2, 0) is 25.5 Å². The maximum atomic E-state index is 13.6. The van der Waals surface area contributed by atoms with Crippen LogP contribution in [0, 0.1) is 5.92 Å². The molecule has 2 amide bonds. The summed E-state index contributed by atoms with van der Waals surface area (Å²) in [5.74, 6) is -5.58. The van der Waals surface area contributed by atoms with Gasteiger partial charge >= 0.3 is 0 Å². The summed E-state index contributed by atoms with van der Waals surface area (Å²) in [4.78, 5) is 27.2. The van der Waals surface area contributed by atoms with E-state index in [9.17, 15) is 26.8 Å². The number of nitrogens with zero attached hydrogens (tertiary/aromatic N) is 2. The Balaban J connectivity index is 1.85. The minimum absolute atomic E-state index is 0.0540. The van der Waals surface area contributed by atoms with E-state index in [4.69, 9.17) is 0 Å². The zero-order valence-corrected chi connectivity index (χ0v) is 19.3. The van der Waals surface area contributed by atoms with Crippen molar-refractivity contribution in [3.63, 3.8) is 0 Å². The number of carbonyl (C=O) groups excluding carboxylic acids is 2. The molecule has 1 atom stereocenters. The summed E-state index contributed by atoms with van der Waals surface area (Å²) in [6, 6.07) is 10.9. The first kappa shape index (κ1) is 24.3. The molecule has 0 saturated heterocycles. The summed E-state index contributed by atoms with van der Waals surface area (Å²) in [6.45, 7) is 2.32. The molecule has 1 N–H and O–H groups in total. The number of hydrogen-bond acceptors (Lipinski definition) is 4. The van der Waals surface area contributed by atoms with Gasteiger partial charge in [0.1, 0.15) is 5.92 Å². The number of carbonyl (C=O) groups is 2. The molecular weight excluding hydrogens is 452 g/mol. The molecule has 1 unspecified atom stereocenters. The zero-order chi connectivity index (χ0) is 24.6. The minimum atomic E-state index is -3.64. The molecule has 1 aliphatic rings. The predicted molar refractivity (Wildman–Crippen MR) is 120 cm³/mol. The summed E-state index contributed by atoms with van der Waals surface area (Å²) in [7, 11) is -0.815. The van der Waals surface area contributed by atoms with Crippen LogP contribution in [0.3, 0.4) is 0 Å². The molecule has 33 heavy (non-hydrogen) atoms. The maximum absolute atomic E-state index is 13.6. The van der Waals surface area contributed by atoms with E-state index in [1.807, 2.05) is 0 Å². The van der Waals surface area contributed by atoms with Gasteiger partial charge < -0.3 is 5.32 Å². The first-order valence-electron chi connectivity index (χ1n) is 9.90. The summed E-state index contributed by atoms with van der Waals surface area (Å²) >= 11 is 0. The van der Waals surface area contributed by atoms with E-state index < -0.39 is 33.7 Å². The zero-order valence-electron chi connectivity index (χ0n) is 18.5. The molecular formula is C23H23F2N3O4S. The SMILES string of the molecule is CC1=C=CN(c2ccc(S(=O)(=O)N(C)C)cc2)C(=O)C1C(=O)Nc1cccc(C(C)(F)F)c1. The molecule has 7 nitrogen and oxygen atoms in total. The van der Waals surface area contributed by atoms with Crippen molar-refractivity contribution in [3.8, 4) is 0 Å². The Morgan fingerprint density at radius 3 is 2.36 bits per heavy atom. The van der Waals surface area contributed by atoms with E-state index in [1.54, 1.807) is 6.92 Å². The lowest BCUT2D eigenvalue weighted by Crippen LogP contribution is -2.41. The third-order valence-electron chi connectivity index (χ3n) is 5.13. The van der Waals surface area contributed by atoms with Crippen LogP contribution in [0.25, 0.3) is 0 Å². The van der Waals surface area contributed by atoms with Gasteiger partial charge in [0.15, 0.2) is 0 Å². The Morgan fingerprint density at radius 1 is 1.15 bits per heavy atom. The largest absolute Gasteiger partial charge is 0.325 e. The first-order chi connectivity index (χ1) is 15.3. The van der Waals surface area contributed by atoms with Crippen LogP contribution in [0.5, 0.6) is 0 Å². The Morgan fingerprint density at radius 2 is 1.79 bits per heavy atom. The van der Waals surface area contributed by atoms with Crippen LogP contribution in [0.1, 0.15) is 19.4 Å². The van der Waals surface area contributed by atoms with Gasteiger partial charge in [-0.2, -0.15) is 0 Å². The van der Waals surface area contributed by atoms with E-state index in [1.165, 1.54) is 67.7 Å². The van der Waals surface area contributed by atoms with E-state index in [0.29, 0.717) is 11.3 Å². The van der Waals surface area contributed by atoms with E-state index in [0.717, 1.165) is 17.3 Å². The van der Waals surface area contributed by atoms with Crippen molar-refractivity contribution >= 4 is 33.2 Å². The molecule has 2 aromatic rings. The second-order valence-corrected chi connectivity index (χ2v) is 9.99. The standard InChI is InChI=1S/C23H23F2N3O4S/c1-15-12-13-28(18-8-10-19(11-9-18)33(31,32)27(3)4)22(30)20(15)21(29)26-17-7-5-6-16(14-17)23(2,24)25/h5-11,13-14,20H,1-4H3,(H,26,29). The number of rotatable bonds is 6. The number of anilines is 2. The average molecular weight is 476 g/mol. The highest BCUT2D eigenvalue weighted by molar-refractivity contribution is 7.89. The van der Waals surface area contributed by atoms with Gasteiger partial charge in [-0.25, -0.2) is 21.5 Å². The van der Waals surface area contributed by atoms with Gasteiger partial charge in [-0.15, -0.1) is 5.73 Å². The third-order valence-corrected chi connectivity index (χ3v) is 6.96. The van der Waals surface area contributed by atoms with Crippen LogP contribution in [0.15, 0.2) is 70.9 Å². The second kappa shape index (κ2) is 8.90. The second-order valence-electron chi connectivity index (χ2n) is 7.84. The number of hydrogen-bond donors (Lipinski definition) is 1. The normalized spacial score (nSPS) is 16.7. The van der Waals surface area contributed by atoms with Crippen LogP contribution < -0.4 is 10.2 Å². The van der Waals surface area contributed by atoms with Crippen LogP contribution >= 0.6 is 0 Å². The Labute approximate surface area is 191 Å². The Hall–Kier alpha value is -3.33. The van der Waals surface area contributed by atoms with Crippen molar-refractivity contribution < 1.29 is 26.8 Å². The highest BCUT2D eigenvalue weighted by Gasteiger charge is 2.35. The molecule has 0 fully saturated rings. The van der Waals surface area contributed by atoms with Crippen molar-refractivity contribution in [2.75, 3.05) is 24.3 Å². The smallest absolute Gasteiger partial charge is 0.270 e. The van der Waals surface area contributed by atoms with Crippen molar-refractivity contribution in [1.29, 1.82) is 0 Å². The van der Waals surface area contributed by atoms with E-state index >= 15 is 0 Å². The summed E-state index contributed by atoms with van der Waals surface area (Å²) in [6.07, 6.45) is 1.37. The fourth-order valence-corrected chi connectivity index (χ4v) is 4.12. The molecule has 10 heteroatoms. The fourth-order valence-electron chi connectivity index (χ4n) is 3.22. The quantitative estimate of drug-likeness (QED) is 0.510. The van der Waals surface area contributed by atoms with E-state index in [-0.39, 0.29) is 16.1 Å². The molecule has 0 aromatic heterocycles. The molecule has 0 saturated carbocycles. The van der Waals surface area contributed by atoms with Crippen molar-refractivity contribution in [3.05, 3.63) is 71.6 Å². The fraction of sp³-hybridized carbons (Fsp3) is 0.261. The number of sulfonamides is 1. The highest BCUT2D eigenvalue weighted by Crippen LogP contribution is 2.30. The summed E-state index contributed by atoms with van der Waals surface area (Å²) in [5.41, 5.74) is 3.45. The van der Waals surface area contributed by atoms with Gasteiger partial charge in [-0.1, -0.05) is 12.1 Å². The van der Waals surface area contributed by atoms with E-state index in [2.05, 4.69) is 11.0 Å². The summed E-state index contributed by atoms with van der Waals surface area (Å²) < 4.78 is 52.8. The van der Waals surface area contributed by atoms with Gasteiger partial charge in [0.25, 0.3) is 5.92 Å². The third kappa shape index (κ3) is 5.03. The predicted octanol–water partition coefficient (Wildman–Crippen LogP) is 3.71. The molecule has 1 heterocycles. The molecule has 174 valence electrons. The van der Waals surface area contributed by atoms with Crippen LogP contribution in [-0.4, -0.2) is 38.6 Å². The monoisotopic (exact) mass is 475 g/mol. The van der Waals surface area contributed by atoms with Crippen molar-refractivity contribution in [1.82, 2.24) is 4.31 Å². The number of halogens is 2. The average Bonchev–Trinajstić information content (AvgIpc) is 2.73. The van der Waals surface area contributed by atoms with Gasteiger partial charge in [0.05, 0.1) is 11.1 Å². The lowest BCUT2D eigenvalue weighted by Gasteiger charge is -2.26. The Bertz CT molecular complexity index is 1260. The van der Waals surface area contributed by atoms with Crippen LogP contribution in [0.2, 0.25) is 0 Å². The number of benzene rings is 2. The number of alkyl halides is 2. The summed E-state index contributed by atoms with van der Waals surface area (Å²) in [5, 5.41) is 2.52. The Kier molecular flexibility index (Phi) is 6.56. The lowest BCUT2D eigenvalue weighted by atomic mass is 9.96. The molecule has 2 aromatic carbocycles. The first-order valence-corrected chi connectivity index (χ1v) is 11.3. The van der Waals surface area contributed by atoms with Crippen LogP contribution in [0.4, 0.5) is 20.2 Å². The van der Waals surface area contributed by atoms with Gasteiger partial charge in [-0.05, 0) is 48.9 Å². The van der Waals surface area contributed by atoms with Crippen molar-refractivity contribution in [2.24, 2.45) is 5.92 Å². The molecule has 0 radical (unpaired) electrons. The highest BCUT2D eigenvalue weighted by atomic mass is 32.2. The van der Waals surface area contributed by atoms with Crippen molar-refractivity contribution in [2.45, 2.75) is 24.7 Å². The number of nitrogens with one attached hydrogen (secondary N) is 1. The molecule has 0 bridgehead atoms. The minimum Gasteiger partial charge on any atom is -0.325 e. The molecule has 0 aliphatic carbocycles. The topological polar surface area (TPSA) is 86.8 Å².